The molecule has 0 spiro atoms. The molecule has 0 atom stereocenters. The number of aryl methyl sites for hydroxylation is 1. The van der Waals surface area contributed by atoms with Crippen molar-refractivity contribution in [2.24, 2.45) is 0 Å². The topological polar surface area (TPSA) is 63.6 Å². The third-order valence-electron chi connectivity index (χ3n) is 5.31. The van der Waals surface area contributed by atoms with E-state index in [-0.39, 0.29) is 5.75 Å². The molecule has 2 heterocycles. The van der Waals surface area contributed by atoms with Gasteiger partial charge in [0, 0.05) is 49.0 Å². The van der Waals surface area contributed by atoms with Crippen molar-refractivity contribution in [3.05, 3.63) is 66.4 Å². The van der Waals surface area contributed by atoms with Gasteiger partial charge in [0.05, 0.1) is 19.0 Å². The quantitative estimate of drug-likeness (QED) is 0.617. The minimum atomic E-state index is -3.39. The van der Waals surface area contributed by atoms with Gasteiger partial charge in [-0.1, -0.05) is 30.3 Å². The molecule has 1 aliphatic rings. The standard InChI is InChI=1S/C22H27N3O3S/c26-29(27,17-9-19-4-2-1-3-5-19)23-21-6-7-22-20(18-21)8-10-25(22)12-11-24-13-15-28-16-14-24/h1-8,10,18,23H,9,11-17H2. The van der Waals surface area contributed by atoms with Crippen molar-refractivity contribution in [2.75, 3.05) is 43.3 Å². The number of anilines is 1. The zero-order valence-electron chi connectivity index (χ0n) is 16.5. The van der Waals surface area contributed by atoms with Crippen LogP contribution in [0.25, 0.3) is 10.9 Å². The van der Waals surface area contributed by atoms with Crippen molar-refractivity contribution in [1.82, 2.24) is 9.47 Å². The van der Waals surface area contributed by atoms with Crippen LogP contribution in [0.2, 0.25) is 0 Å². The average Bonchev–Trinajstić information content (AvgIpc) is 3.14. The Morgan fingerprint density at radius 3 is 2.55 bits per heavy atom. The molecule has 1 N–H and O–H groups in total. The predicted molar refractivity (Wildman–Crippen MR) is 117 cm³/mol. The number of nitrogens with zero attached hydrogens (tertiary/aromatic N) is 2. The lowest BCUT2D eigenvalue weighted by Crippen LogP contribution is -2.38. The number of ether oxygens (including phenoxy) is 1. The monoisotopic (exact) mass is 413 g/mol. The van der Waals surface area contributed by atoms with Gasteiger partial charge < -0.3 is 9.30 Å². The molecule has 2 aromatic carbocycles. The molecule has 0 amide bonds. The van der Waals surface area contributed by atoms with Crippen molar-refractivity contribution >= 4 is 26.6 Å². The van der Waals surface area contributed by atoms with E-state index in [4.69, 9.17) is 4.74 Å². The van der Waals surface area contributed by atoms with Gasteiger partial charge >= 0.3 is 0 Å². The van der Waals surface area contributed by atoms with Crippen molar-refractivity contribution in [2.45, 2.75) is 13.0 Å². The number of hydrogen-bond donors (Lipinski definition) is 1. The highest BCUT2D eigenvalue weighted by Gasteiger charge is 2.13. The first-order valence-corrected chi connectivity index (χ1v) is 11.7. The first-order chi connectivity index (χ1) is 14.1. The second-order valence-electron chi connectivity index (χ2n) is 7.39. The molecule has 1 saturated heterocycles. The van der Waals surface area contributed by atoms with Crippen LogP contribution in [0.4, 0.5) is 5.69 Å². The van der Waals surface area contributed by atoms with Gasteiger partial charge in [-0.05, 0) is 36.2 Å². The van der Waals surface area contributed by atoms with Gasteiger partial charge in [-0.25, -0.2) is 8.42 Å². The second kappa shape index (κ2) is 8.98. The Morgan fingerprint density at radius 1 is 0.966 bits per heavy atom. The normalized spacial score (nSPS) is 15.6. The zero-order valence-corrected chi connectivity index (χ0v) is 17.3. The maximum Gasteiger partial charge on any atom is 0.233 e. The molecule has 0 saturated carbocycles. The summed E-state index contributed by atoms with van der Waals surface area (Å²) in [6.07, 6.45) is 2.56. The molecule has 4 rings (SSSR count). The maximum atomic E-state index is 12.5. The fourth-order valence-corrected chi connectivity index (χ4v) is 4.75. The third kappa shape index (κ3) is 5.38. The summed E-state index contributed by atoms with van der Waals surface area (Å²) < 4.78 is 35.3. The SMILES string of the molecule is O=S(=O)(CCc1ccccc1)Nc1ccc2c(ccn2CCN2CCOCC2)c1. The van der Waals surface area contributed by atoms with Gasteiger partial charge in [-0.3, -0.25) is 9.62 Å². The van der Waals surface area contributed by atoms with Gasteiger partial charge in [0.1, 0.15) is 0 Å². The van der Waals surface area contributed by atoms with Gasteiger partial charge in [0.15, 0.2) is 0 Å². The first-order valence-electron chi connectivity index (χ1n) is 10.0. The lowest BCUT2D eigenvalue weighted by Gasteiger charge is -2.26. The van der Waals surface area contributed by atoms with Crippen LogP contribution in [0.1, 0.15) is 5.56 Å². The van der Waals surface area contributed by atoms with Crippen LogP contribution < -0.4 is 4.72 Å². The molecule has 1 fully saturated rings. The fraction of sp³-hybridized carbons (Fsp3) is 0.364. The van der Waals surface area contributed by atoms with Crippen molar-refractivity contribution in [3.8, 4) is 0 Å². The smallest absolute Gasteiger partial charge is 0.233 e. The molecule has 1 aliphatic heterocycles. The van der Waals surface area contributed by atoms with Gasteiger partial charge in [0.2, 0.25) is 10.0 Å². The highest BCUT2D eigenvalue weighted by Crippen LogP contribution is 2.22. The van der Waals surface area contributed by atoms with E-state index in [2.05, 4.69) is 20.4 Å². The van der Waals surface area contributed by atoms with E-state index in [0.717, 1.165) is 55.9 Å². The maximum absolute atomic E-state index is 12.5. The number of aromatic nitrogens is 1. The van der Waals surface area contributed by atoms with Crippen molar-refractivity contribution < 1.29 is 13.2 Å². The molecule has 6 nitrogen and oxygen atoms in total. The Morgan fingerprint density at radius 2 is 1.76 bits per heavy atom. The van der Waals surface area contributed by atoms with Crippen LogP contribution in [0, 0.1) is 0 Å². The van der Waals surface area contributed by atoms with Gasteiger partial charge in [0.25, 0.3) is 0 Å². The Kier molecular flexibility index (Phi) is 6.18. The Hall–Kier alpha value is -2.35. The highest BCUT2D eigenvalue weighted by molar-refractivity contribution is 7.92. The molecule has 3 aromatic rings. The van der Waals surface area contributed by atoms with E-state index in [1.807, 2.05) is 54.6 Å². The van der Waals surface area contributed by atoms with Crippen LogP contribution in [-0.4, -0.2) is 56.5 Å². The van der Waals surface area contributed by atoms with E-state index < -0.39 is 10.0 Å². The molecule has 7 heteroatoms. The lowest BCUT2D eigenvalue weighted by atomic mass is 10.2. The van der Waals surface area contributed by atoms with E-state index in [1.165, 1.54) is 0 Å². The van der Waals surface area contributed by atoms with Crippen molar-refractivity contribution in [1.29, 1.82) is 0 Å². The number of fused-ring (bicyclic) bond motifs is 1. The zero-order chi connectivity index (χ0) is 20.1. The summed E-state index contributed by atoms with van der Waals surface area (Å²) in [5.74, 6) is 0.0651. The molecule has 154 valence electrons. The van der Waals surface area contributed by atoms with Crippen LogP contribution in [0.5, 0.6) is 0 Å². The number of morpholine rings is 1. The molecule has 29 heavy (non-hydrogen) atoms. The Labute approximate surface area is 172 Å². The second-order valence-corrected chi connectivity index (χ2v) is 9.24. The molecule has 0 aliphatic carbocycles. The highest BCUT2D eigenvalue weighted by atomic mass is 32.2. The molecule has 0 unspecified atom stereocenters. The van der Waals surface area contributed by atoms with Crippen LogP contribution >= 0.6 is 0 Å². The Balaban J connectivity index is 1.38. The number of rotatable bonds is 8. The molecular formula is C22H27N3O3S. The average molecular weight is 414 g/mol. The van der Waals surface area contributed by atoms with Gasteiger partial charge in [-0.2, -0.15) is 0 Å². The summed E-state index contributed by atoms with van der Waals surface area (Å²) >= 11 is 0. The van der Waals surface area contributed by atoms with E-state index >= 15 is 0 Å². The minimum Gasteiger partial charge on any atom is -0.379 e. The summed E-state index contributed by atoms with van der Waals surface area (Å²) in [5, 5.41) is 1.04. The van der Waals surface area contributed by atoms with Gasteiger partial charge in [-0.15, -0.1) is 0 Å². The number of nitrogens with one attached hydrogen (secondary N) is 1. The third-order valence-corrected chi connectivity index (χ3v) is 6.60. The molecule has 0 radical (unpaired) electrons. The summed E-state index contributed by atoms with van der Waals surface area (Å²) in [7, 11) is -3.39. The first kappa shape index (κ1) is 19.9. The van der Waals surface area contributed by atoms with E-state index in [0.29, 0.717) is 12.1 Å². The summed E-state index contributed by atoms with van der Waals surface area (Å²) in [6.45, 7) is 5.47. The number of hydrogen-bond acceptors (Lipinski definition) is 4. The molecule has 0 bridgehead atoms. The predicted octanol–water partition coefficient (Wildman–Crippen LogP) is 2.96. The number of benzene rings is 2. The largest absolute Gasteiger partial charge is 0.379 e. The van der Waals surface area contributed by atoms with Crippen LogP contribution in [0.3, 0.4) is 0 Å². The van der Waals surface area contributed by atoms with E-state index in [1.54, 1.807) is 0 Å². The molecular weight excluding hydrogens is 386 g/mol. The minimum absolute atomic E-state index is 0.0651. The summed E-state index contributed by atoms with van der Waals surface area (Å²) in [4.78, 5) is 2.41. The number of sulfonamides is 1. The van der Waals surface area contributed by atoms with Crippen molar-refractivity contribution in [3.63, 3.8) is 0 Å². The summed E-state index contributed by atoms with van der Waals surface area (Å²) in [6, 6.07) is 17.4. The van der Waals surface area contributed by atoms with Crippen LogP contribution in [-0.2, 0) is 27.7 Å². The molecule has 1 aromatic heterocycles. The lowest BCUT2D eigenvalue weighted by molar-refractivity contribution is 0.0365. The summed E-state index contributed by atoms with van der Waals surface area (Å²) in [5.41, 5.74) is 2.74. The van der Waals surface area contributed by atoms with Crippen LogP contribution in [0.15, 0.2) is 60.8 Å². The Bertz CT molecular complexity index is 1040. The van der Waals surface area contributed by atoms with E-state index in [9.17, 15) is 8.42 Å². The fourth-order valence-electron chi connectivity index (χ4n) is 3.66.